The highest BCUT2D eigenvalue weighted by molar-refractivity contribution is 5.78. The van der Waals surface area contributed by atoms with E-state index in [1.807, 2.05) is 12.3 Å². The van der Waals surface area contributed by atoms with Crippen molar-refractivity contribution in [3.05, 3.63) is 30.0 Å². The van der Waals surface area contributed by atoms with Crippen molar-refractivity contribution in [3.63, 3.8) is 0 Å². The van der Waals surface area contributed by atoms with Crippen LogP contribution in [0.4, 0.5) is 0 Å². The highest BCUT2D eigenvalue weighted by atomic mass is 16.5. The van der Waals surface area contributed by atoms with Crippen molar-refractivity contribution in [2.24, 2.45) is 0 Å². The van der Waals surface area contributed by atoms with Crippen molar-refractivity contribution in [1.82, 2.24) is 14.9 Å². The van der Waals surface area contributed by atoms with E-state index in [1.54, 1.807) is 7.11 Å². The van der Waals surface area contributed by atoms with Crippen molar-refractivity contribution in [3.8, 4) is 6.01 Å². The molecule has 4 heteroatoms. The smallest absolute Gasteiger partial charge is 0.316 e. The standard InChI is InChI=1S/C14H17N3O/c1-18-14-15-9-12-8-11(4-5-13(12)16-14)10-17-6-2-3-7-17/h4-5,8-9H,2-3,6-7,10H2,1H3. The quantitative estimate of drug-likeness (QED) is 0.828. The molecule has 1 saturated heterocycles. The first kappa shape index (κ1) is 11.4. The molecule has 2 heterocycles. The molecule has 0 N–H and O–H groups in total. The molecule has 0 saturated carbocycles. The van der Waals surface area contributed by atoms with Gasteiger partial charge in [0, 0.05) is 18.1 Å². The van der Waals surface area contributed by atoms with Gasteiger partial charge in [0.2, 0.25) is 0 Å². The van der Waals surface area contributed by atoms with Crippen LogP contribution < -0.4 is 4.74 Å². The van der Waals surface area contributed by atoms with E-state index in [1.165, 1.54) is 31.5 Å². The van der Waals surface area contributed by atoms with Crippen LogP contribution in [0.1, 0.15) is 18.4 Å². The van der Waals surface area contributed by atoms with E-state index >= 15 is 0 Å². The minimum absolute atomic E-state index is 0.426. The normalized spacial score (nSPS) is 16.3. The van der Waals surface area contributed by atoms with Gasteiger partial charge in [0.15, 0.2) is 0 Å². The minimum atomic E-state index is 0.426. The first-order valence-corrected chi connectivity index (χ1v) is 6.37. The van der Waals surface area contributed by atoms with Crippen molar-refractivity contribution in [2.45, 2.75) is 19.4 Å². The van der Waals surface area contributed by atoms with Gasteiger partial charge >= 0.3 is 6.01 Å². The van der Waals surface area contributed by atoms with Gasteiger partial charge in [-0.3, -0.25) is 4.90 Å². The number of rotatable bonds is 3. The first-order chi connectivity index (χ1) is 8.85. The number of benzene rings is 1. The number of ether oxygens (including phenoxy) is 1. The average molecular weight is 243 g/mol. The third kappa shape index (κ3) is 2.29. The van der Waals surface area contributed by atoms with Gasteiger partial charge in [-0.15, -0.1) is 0 Å². The summed E-state index contributed by atoms with van der Waals surface area (Å²) in [6.07, 6.45) is 4.48. The van der Waals surface area contributed by atoms with Gasteiger partial charge < -0.3 is 4.74 Å². The summed E-state index contributed by atoms with van der Waals surface area (Å²) in [6, 6.07) is 6.79. The monoisotopic (exact) mass is 243 g/mol. The second kappa shape index (κ2) is 4.90. The van der Waals surface area contributed by atoms with Crippen LogP contribution in [0.15, 0.2) is 24.4 Å². The van der Waals surface area contributed by atoms with Gasteiger partial charge in [-0.1, -0.05) is 6.07 Å². The molecule has 1 aromatic carbocycles. The van der Waals surface area contributed by atoms with Crippen LogP contribution in [0.5, 0.6) is 6.01 Å². The molecule has 0 radical (unpaired) electrons. The Hall–Kier alpha value is -1.68. The highest BCUT2D eigenvalue weighted by Gasteiger charge is 2.12. The third-order valence-electron chi connectivity index (χ3n) is 3.41. The summed E-state index contributed by atoms with van der Waals surface area (Å²) in [5, 5.41) is 1.08. The molecular formula is C14H17N3O. The second-order valence-electron chi connectivity index (χ2n) is 4.73. The van der Waals surface area contributed by atoms with Crippen LogP contribution in [-0.2, 0) is 6.54 Å². The summed E-state index contributed by atoms with van der Waals surface area (Å²) in [5.41, 5.74) is 2.27. The Labute approximate surface area is 107 Å². The number of likely N-dealkylation sites (tertiary alicyclic amines) is 1. The van der Waals surface area contributed by atoms with Gasteiger partial charge in [-0.05, 0) is 43.6 Å². The summed E-state index contributed by atoms with van der Waals surface area (Å²) >= 11 is 0. The lowest BCUT2D eigenvalue weighted by atomic mass is 10.1. The molecule has 18 heavy (non-hydrogen) atoms. The molecule has 1 aliphatic rings. The predicted molar refractivity (Wildman–Crippen MR) is 70.6 cm³/mol. The highest BCUT2D eigenvalue weighted by Crippen LogP contribution is 2.18. The molecule has 1 aliphatic heterocycles. The average Bonchev–Trinajstić information content (AvgIpc) is 2.91. The zero-order valence-electron chi connectivity index (χ0n) is 10.6. The fourth-order valence-corrected chi connectivity index (χ4v) is 2.46. The molecule has 0 amide bonds. The lowest BCUT2D eigenvalue weighted by Crippen LogP contribution is -2.18. The number of nitrogens with zero attached hydrogens (tertiary/aromatic N) is 3. The molecule has 1 fully saturated rings. The molecule has 2 aromatic rings. The Kier molecular flexibility index (Phi) is 3.11. The van der Waals surface area contributed by atoms with E-state index in [-0.39, 0.29) is 0 Å². The molecule has 3 rings (SSSR count). The van der Waals surface area contributed by atoms with E-state index in [4.69, 9.17) is 4.74 Å². The van der Waals surface area contributed by atoms with Crippen LogP contribution in [0.25, 0.3) is 10.9 Å². The zero-order chi connectivity index (χ0) is 12.4. The summed E-state index contributed by atoms with van der Waals surface area (Å²) in [7, 11) is 1.59. The molecule has 0 aliphatic carbocycles. The van der Waals surface area contributed by atoms with Crippen molar-refractivity contribution >= 4 is 10.9 Å². The molecule has 0 unspecified atom stereocenters. The van der Waals surface area contributed by atoms with E-state index in [0.717, 1.165) is 17.4 Å². The van der Waals surface area contributed by atoms with Gasteiger partial charge in [0.1, 0.15) is 0 Å². The van der Waals surface area contributed by atoms with Gasteiger partial charge in [-0.25, -0.2) is 4.98 Å². The van der Waals surface area contributed by atoms with Crippen molar-refractivity contribution in [2.75, 3.05) is 20.2 Å². The molecule has 4 nitrogen and oxygen atoms in total. The molecule has 0 bridgehead atoms. The van der Waals surface area contributed by atoms with E-state index in [2.05, 4.69) is 27.0 Å². The van der Waals surface area contributed by atoms with E-state index in [0.29, 0.717) is 6.01 Å². The summed E-state index contributed by atoms with van der Waals surface area (Å²) in [6.45, 7) is 3.47. The number of aromatic nitrogens is 2. The maximum absolute atomic E-state index is 5.03. The second-order valence-corrected chi connectivity index (χ2v) is 4.73. The predicted octanol–water partition coefficient (Wildman–Crippen LogP) is 2.23. The molecule has 1 aromatic heterocycles. The zero-order valence-corrected chi connectivity index (χ0v) is 10.6. The Bertz CT molecular complexity index is 550. The molecule has 94 valence electrons. The Morgan fingerprint density at radius 2 is 2.11 bits per heavy atom. The minimum Gasteiger partial charge on any atom is -0.467 e. The van der Waals surface area contributed by atoms with Gasteiger partial charge in [0.05, 0.1) is 12.6 Å². The molecular weight excluding hydrogens is 226 g/mol. The first-order valence-electron chi connectivity index (χ1n) is 6.37. The number of methoxy groups -OCH3 is 1. The third-order valence-corrected chi connectivity index (χ3v) is 3.41. The fourth-order valence-electron chi connectivity index (χ4n) is 2.46. The maximum Gasteiger partial charge on any atom is 0.316 e. The topological polar surface area (TPSA) is 38.2 Å². The summed E-state index contributed by atoms with van der Waals surface area (Å²) in [5.74, 6) is 0. The van der Waals surface area contributed by atoms with Crippen LogP contribution >= 0.6 is 0 Å². The van der Waals surface area contributed by atoms with E-state index < -0.39 is 0 Å². The van der Waals surface area contributed by atoms with Crippen LogP contribution in [-0.4, -0.2) is 35.1 Å². The Morgan fingerprint density at radius 1 is 1.28 bits per heavy atom. The lowest BCUT2D eigenvalue weighted by Gasteiger charge is -2.14. The summed E-state index contributed by atoms with van der Waals surface area (Å²) < 4.78 is 5.03. The van der Waals surface area contributed by atoms with Gasteiger partial charge in [-0.2, -0.15) is 4.98 Å². The lowest BCUT2D eigenvalue weighted by molar-refractivity contribution is 0.331. The van der Waals surface area contributed by atoms with Crippen LogP contribution in [0, 0.1) is 0 Å². The Balaban J connectivity index is 1.86. The van der Waals surface area contributed by atoms with Crippen LogP contribution in [0.2, 0.25) is 0 Å². The van der Waals surface area contributed by atoms with E-state index in [9.17, 15) is 0 Å². The fraction of sp³-hybridized carbons (Fsp3) is 0.429. The molecule has 0 spiro atoms. The molecule has 0 atom stereocenters. The number of fused-ring (bicyclic) bond motifs is 1. The van der Waals surface area contributed by atoms with Crippen LogP contribution in [0.3, 0.4) is 0 Å². The Morgan fingerprint density at radius 3 is 2.89 bits per heavy atom. The van der Waals surface area contributed by atoms with Gasteiger partial charge in [0.25, 0.3) is 0 Å². The number of hydrogen-bond acceptors (Lipinski definition) is 4. The van der Waals surface area contributed by atoms with Crippen molar-refractivity contribution < 1.29 is 4.74 Å². The summed E-state index contributed by atoms with van der Waals surface area (Å²) in [4.78, 5) is 11.0. The maximum atomic E-state index is 5.03. The number of hydrogen-bond donors (Lipinski definition) is 0. The van der Waals surface area contributed by atoms with Crippen molar-refractivity contribution in [1.29, 1.82) is 0 Å². The SMILES string of the molecule is COc1ncc2cc(CN3CCCC3)ccc2n1. The largest absolute Gasteiger partial charge is 0.467 e.